The van der Waals surface area contributed by atoms with E-state index in [1.54, 1.807) is 0 Å². The largest absolute Gasteiger partial charge is 0.490 e. The quantitative estimate of drug-likeness (QED) is 0.644. The van der Waals surface area contributed by atoms with Gasteiger partial charge in [-0.05, 0) is 22.0 Å². The highest BCUT2D eigenvalue weighted by atomic mass is 79.9. The summed E-state index contributed by atoms with van der Waals surface area (Å²) in [5.41, 5.74) is 0.767. The van der Waals surface area contributed by atoms with Crippen LogP contribution < -0.4 is 4.74 Å². The number of hydrogen-bond donors (Lipinski definition) is 0. The van der Waals surface area contributed by atoms with Crippen LogP contribution >= 0.6 is 27.5 Å². The minimum absolute atomic E-state index is 0.309. The van der Waals surface area contributed by atoms with Gasteiger partial charge in [-0.25, -0.2) is 4.39 Å². The third-order valence-electron chi connectivity index (χ3n) is 1.82. The smallest absolute Gasteiger partial charge is 0.166 e. The van der Waals surface area contributed by atoms with Gasteiger partial charge in [0.25, 0.3) is 0 Å². The fourth-order valence-corrected chi connectivity index (χ4v) is 1.94. The van der Waals surface area contributed by atoms with Crippen molar-refractivity contribution in [2.45, 2.75) is 6.42 Å². The average Bonchev–Trinajstić information content (AvgIpc) is 2.48. The van der Waals surface area contributed by atoms with Crippen molar-refractivity contribution in [3.63, 3.8) is 0 Å². The molecule has 0 saturated carbocycles. The molecule has 0 saturated heterocycles. The lowest BCUT2D eigenvalue weighted by atomic mass is 10.2. The first-order valence-electron chi connectivity index (χ1n) is 3.49. The Morgan fingerprint density at radius 3 is 3.08 bits per heavy atom. The van der Waals surface area contributed by atoms with Crippen molar-refractivity contribution in [2.75, 3.05) is 6.61 Å². The van der Waals surface area contributed by atoms with E-state index in [1.807, 2.05) is 0 Å². The molecule has 2 rings (SSSR count). The second kappa shape index (κ2) is 2.89. The molecule has 64 valence electrons. The Morgan fingerprint density at radius 1 is 1.58 bits per heavy atom. The van der Waals surface area contributed by atoms with Crippen molar-refractivity contribution in [3.8, 4) is 5.75 Å². The molecule has 0 unspecified atom stereocenters. The van der Waals surface area contributed by atoms with E-state index in [4.69, 9.17) is 16.3 Å². The predicted molar refractivity (Wildman–Crippen MR) is 48.3 cm³/mol. The number of ether oxygens (including phenoxy) is 1. The summed E-state index contributed by atoms with van der Waals surface area (Å²) in [7, 11) is 0. The van der Waals surface area contributed by atoms with E-state index < -0.39 is 0 Å². The van der Waals surface area contributed by atoms with Gasteiger partial charge < -0.3 is 4.74 Å². The monoisotopic (exact) mass is 250 g/mol. The summed E-state index contributed by atoms with van der Waals surface area (Å²) in [6.45, 7) is 0.516. The Kier molecular flexibility index (Phi) is 2.00. The Morgan fingerprint density at radius 2 is 2.33 bits per heavy atom. The van der Waals surface area contributed by atoms with Crippen LogP contribution in [0.3, 0.4) is 0 Å². The number of rotatable bonds is 0. The Labute approximate surface area is 82.6 Å². The molecule has 4 heteroatoms. The van der Waals surface area contributed by atoms with Gasteiger partial charge in [-0.1, -0.05) is 11.6 Å². The van der Waals surface area contributed by atoms with Crippen molar-refractivity contribution in [2.24, 2.45) is 0 Å². The van der Waals surface area contributed by atoms with Gasteiger partial charge in [0.05, 0.1) is 11.6 Å². The molecule has 1 aliphatic rings. The third-order valence-corrected chi connectivity index (χ3v) is 3.10. The standard InChI is InChI=1S/C8H5BrClFO/c9-5-3-6(11)8-4(7(5)10)1-2-12-8/h3H,1-2H2. The Hall–Kier alpha value is -0.280. The summed E-state index contributed by atoms with van der Waals surface area (Å²) in [5.74, 6) is -0.0398. The maximum absolute atomic E-state index is 13.1. The molecule has 1 aromatic carbocycles. The maximum atomic E-state index is 13.1. The van der Waals surface area contributed by atoms with Crippen molar-refractivity contribution in [1.29, 1.82) is 0 Å². The van der Waals surface area contributed by atoms with E-state index in [2.05, 4.69) is 15.9 Å². The summed E-state index contributed by atoms with van der Waals surface area (Å²) in [6.07, 6.45) is 0.685. The van der Waals surface area contributed by atoms with E-state index in [0.29, 0.717) is 28.3 Å². The van der Waals surface area contributed by atoms with Crippen molar-refractivity contribution in [3.05, 3.63) is 26.9 Å². The molecular formula is C8H5BrClFO. The van der Waals surface area contributed by atoms with Crippen LogP contribution in [0, 0.1) is 5.82 Å². The minimum Gasteiger partial charge on any atom is -0.490 e. The molecule has 0 atom stereocenters. The molecular weight excluding hydrogens is 246 g/mol. The normalized spacial score (nSPS) is 14.2. The molecule has 0 N–H and O–H groups in total. The number of benzene rings is 1. The molecule has 0 radical (unpaired) electrons. The second-order valence-electron chi connectivity index (χ2n) is 2.56. The fourth-order valence-electron chi connectivity index (χ4n) is 1.26. The molecule has 1 heterocycles. The Balaban J connectivity index is 2.69. The molecule has 1 aliphatic heterocycles. The Bertz CT molecular complexity index is 340. The molecule has 12 heavy (non-hydrogen) atoms. The van der Waals surface area contributed by atoms with Crippen LogP contribution in [0.1, 0.15) is 5.56 Å². The summed E-state index contributed by atoms with van der Waals surface area (Å²) in [6, 6.07) is 1.33. The van der Waals surface area contributed by atoms with Crippen LogP contribution in [0.4, 0.5) is 4.39 Å². The van der Waals surface area contributed by atoms with Gasteiger partial charge >= 0.3 is 0 Å². The highest BCUT2D eigenvalue weighted by Crippen LogP contribution is 2.38. The molecule has 0 aromatic heterocycles. The van der Waals surface area contributed by atoms with Gasteiger partial charge in [0, 0.05) is 16.5 Å². The fraction of sp³-hybridized carbons (Fsp3) is 0.250. The highest BCUT2D eigenvalue weighted by Gasteiger charge is 2.21. The molecule has 0 bridgehead atoms. The van der Waals surface area contributed by atoms with Gasteiger partial charge in [-0.15, -0.1) is 0 Å². The SMILES string of the molecule is Fc1cc(Br)c(Cl)c2c1OCC2. The first kappa shape index (κ1) is 8.32. The van der Waals surface area contributed by atoms with E-state index in [9.17, 15) is 4.39 Å². The van der Waals surface area contributed by atoms with Crippen LogP contribution in [0.15, 0.2) is 10.5 Å². The zero-order chi connectivity index (χ0) is 8.72. The average molecular weight is 251 g/mol. The van der Waals surface area contributed by atoms with Crippen molar-refractivity contribution in [1.82, 2.24) is 0 Å². The van der Waals surface area contributed by atoms with Crippen molar-refractivity contribution < 1.29 is 9.13 Å². The van der Waals surface area contributed by atoms with Gasteiger partial charge in [0.15, 0.2) is 11.6 Å². The summed E-state index contributed by atoms with van der Waals surface area (Å²) < 4.78 is 18.8. The molecule has 0 fully saturated rings. The van der Waals surface area contributed by atoms with Crippen LogP contribution in [-0.2, 0) is 6.42 Å². The second-order valence-corrected chi connectivity index (χ2v) is 3.79. The highest BCUT2D eigenvalue weighted by molar-refractivity contribution is 9.10. The van der Waals surface area contributed by atoms with Crippen LogP contribution in [0.25, 0.3) is 0 Å². The molecule has 1 aromatic rings. The molecule has 0 spiro atoms. The maximum Gasteiger partial charge on any atom is 0.166 e. The number of halogens is 3. The molecule has 0 aliphatic carbocycles. The van der Waals surface area contributed by atoms with Crippen molar-refractivity contribution >= 4 is 27.5 Å². The third kappa shape index (κ3) is 1.12. The summed E-state index contributed by atoms with van der Waals surface area (Å²) in [5, 5.41) is 0.559. The zero-order valence-electron chi connectivity index (χ0n) is 6.03. The molecule has 1 nitrogen and oxygen atoms in total. The van der Waals surface area contributed by atoms with Gasteiger partial charge in [0.2, 0.25) is 0 Å². The topological polar surface area (TPSA) is 9.23 Å². The molecule has 0 amide bonds. The van der Waals surface area contributed by atoms with E-state index in [0.717, 1.165) is 5.56 Å². The van der Waals surface area contributed by atoms with E-state index in [-0.39, 0.29) is 5.82 Å². The van der Waals surface area contributed by atoms with Gasteiger partial charge in [0.1, 0.15) is 0 Å². The van der Waals surface area contributed by atoms with Gasteiger partial charge in [-0.3, -0.25) is 0 Å². The lowest BCUT2D eigenvalue weighted by Gasteiger charge is -2.03. The zero-order valence-corrected chi connectivity index (χ0v) is 8.38. The summed E-state index contributed by atoms with van der Waals surface area (Å²) in [4.78, 5) is 0. The van der Waals surface area contributed by atoms with Crippen LogP contribution in [0.2, 0.25) is 5.02 Å². The first-order valence-corrected chi connectivity index (χ1v) is 4.66. The number of hydrogen-bond acceptors (Lipinski definition) is 1. The lowest BCUT2D eigenvalue weighted by molar-refractivity contribution is 0.339. The predicted octanol–water partition coefficient (Wildman–Crippen LogP) is 3.18. The van der Waals surface area contributed by atoms with Crippen LogP contribution in [-0.4, -0.2) is 6.61 Å². The first-order chi connectivity index (χ1) is 5.70. The van der Waals surface area contributed by atoms with E-state index >= 15 is 0 Å². The van der Waals surface area contributed by atoms with E-state index in [1.165, 1.54) is 6.07 Å². The summed E-state index contributed by atoms with van der Waals surface area (Å²) >= 11 is 9.09. The van der Waals surface area contributed by atoms with Crippen LogP contribution in [0.5, 0.6) is 5.75 Å². The lowest BCUT2D eigenvalue weighted by Crippen LogP contribution is -1.88. The minimum atomic E-state index is -0.348. The number of fused-ring (bicyclic) bond motifs is 1. The van der Waals surface area contributed by atoms with Gasteiger partial charge in [-0.2, -0.15) is 0 Å².